The molecule has 0 spiro atoms. The lowest BCUT2D eigenvalue weighted by Crippen LogP contribution is -2.25. The maximum atomic E-state index is 12.9. The van der Waals surface area contributed by atoms with Gasteiger partial charge in [-0.2, -0.15) is 0 Å². The molecular weight excluding hydrogens is 437 g/mol. The first-order valence-corrected chi connectivity index (χ1v) is 11.1. The molecular formula is C23H21Cl2N3OS. The van der Waals surface area contributed by atoms with Crippen LogP contribution in [0.4, 0.5) is 11.4 Å². The number of hydrogen-bond donors (Lipinski definition) is 1. The quantitative estimate of drug-likeness (QED) is 0.237. The number of anilines is 1. The second-order valence-electron chi connectivity index (χ2n) is 6.53. The van der Waals surface area contributed by atoms with E-state index < -0.39 is 0 Å². The normalized spacial score (nSPS) is 12.1. The second kappa shape index (κ2) is 10.6. The summed E-state index contributed by atoms with van der Waals surface area (Å²) in [6.07, 6.45) is 3.99. The van der Waals surface area contributed by atoms with E-state index in [4.69, 9.17) is 23.2 Å². The number of halogens is 2. The fourth-order valence-electron chi connectivity index (χ4n) is 2.73. The monoisotopic (exact) mass is 457 g/mol. The number of rotatable bonds is 7. The Morgan fingerprint density at radius 1 is 1.17 bits per heavy atom. The predicted molar refractivity (Wildman–Crippen MR) is 128 cm³/mol. The zero-order valence-electron chi connectivity index (χ0n) is 16.6. The summed E-state index contributed by atoms with van der Waals surface area (Å²) in [5, 5.41) is 3.75. The minimum atomic E-state index is -0.276. The zero-order valence-corrected chi connectivity index (χ0v) is 18.9. The van der Waals surface area contributed by atoms with E-state index >= 15 is 0 Å². The molecule has 0 unspecified atom stereocenters. The third-order valence-electron chi connectivity index (χ3n) is 4.45. The topological polar surface area (TPSA) is 54.4 Å². The van der Waals surface area contributed by atoms with Crippen LogP contribution in [0.25, 0.3) is 0 Å². The molecule has 1 atom stereocenters. The Labute approximate surface area is 190 Å². The maximum Gasteiger partial charge on any atom is 0.237 e. The van der Waals surface area contributed by atoms with Crippen LogP contribution in [0.1, 0.15) is 24.5 Å². The molecule has 0 saturated carbocycles. The second-order valence-corrected chi connectivity index (χ2v) is 8.54. The van der Waals surface area contributed by atoms with Crippen molar-refractivity contribution < 1.29 is 4.79 Å². The summed E-state index contributed by atoms with van der Waals surface area (Å²) in [4.78, 5) is 22.5. The summed E-state index contributed by atoms with van der Waals surface area (Å²) in [5.74, 6) is -0.0676. The van der Waals surface area contributed by atoms with Crippen LogP contribution >= 0.6 is 35.0 Å². The van der Waals surface area contributed by atoms with Crippen molar-refractivity contribution in [2.75, 3.05) is 5.32 Å². The molecule has 3 aromatic rings. The molecule has 2 aromatic carbocycles. The molecule has 1 amide bonds. The van der Waals surface area contributed by atoms with Crippen molar-refractivity contribution in [3.8, 4) is 0 Å². The van der Waals surface area contributed by atoms with Crippen LogP contribution in [-0.2, 0) is 4.79 Å². The molecule has 0 aliphatic carbocycles. The number of nitrogens with zero attached hydrogens (tertiary/aromatic N) is 2. The van der Waals surface area contributed by atoms with Gasteiger partial charge in [0.2, 0.25) is 5.91 Å². The molecule has 1 aromatic heterocycles. The van der Waals surface area contributed by atoms with Gasteiger partial charge in [0.05, 0.1) is 10.9 Å². The Kier molecular flexibility index (Phi) is 7.91. The Morgan fingerprint density at radius 2 is 1.97 bits per heavy atom. The van der Waals surface area contributed by atoms with Crippen LogP contribution in [0.5, 0.6) is 0 Å². The highest BCUT2D eigenvalue weighted by Crippen LogP contribution is 2.34. The van der Waals surface area contributed by atoms with Gasteiger partial charge < -0.3 is 5.32 Å². The molecule has 0 aliphatic heterocycles. The van der Waals surface area contributed by atoms with Crippen molar-refractivity contribution in [3.05, 3.63) is 82.1 Å². The van der Waals surface area contributed by atoms with E-state index in [1.165, 1.54) is 11.8 Å². The number of nitrogens with one attached hydrogen (secondary N) is 1. The van der Waals surface area contributed by atoms with Gasteiger partial charge in [-0.3, -0.25) is 9.79 Å². The largest absolute Gasteiger partial charge is 0.325 e. The molecule has 1 heterocycles. The minimum absolute atomic E-state index is 0.0676. The number of aromatic nitrogens is 1. The van der Waals surface area contributed by atoms with Crippen LogP contribution < -0.4 is 5.32 Å². The minimum Gasteiger partial charge on any atom is -0.325 e. The number of carbonyl (C=O) groups is 1. The van der Waals surface area contributed by atoms with Crippen LogP contribution in [-0.4, -0.2) is 22.4 Å². The smallest absolute Gasteiger partial charge is 0.237 e. The molecule has 1 N–H and O–H groups in total. The first-order chi connectivity index (χ1) is 14.5. The van der Waals surface area contributed by atoms with Crippen LogP contribution in [0.3, 0.4) is 0 Å². The number of para-hydroxylation sites is 1. The molecule has 7 heteroatoms. The number of thioether (sulfide) groups is 1. The highest BCUT2D eigenvalue weighted by molar-refractivity contribution is 8.00. The van der Waals surface area contributed by atoms with Gasteiger partial charge in [-0.15, -0.1) is 11.8 Å². The van der Waals surface area contributed by atoms with Gasteiger partial charge in [0.15, 0.2) is 0 Å². The number of hydrogen-bond acceptors (Lipinski definition) is 4. The highest BCUT2D eigenvalue weighted by atomic mass is 35.5. The predicted octanol–water partition coefficient (Wildman–Crippen LogP) is 6.96. The van der Waals surface area contributed by atoms with Gasteiger partial charge in [0, 0.05) is 33.6 Å². The van der Waals surface area contributed by atoms with Crippen molar-refractivity contribution in [2.24, 2.45) is 4.99 Å². The Balaban J connectivity index is 1.78. The summed E-state index contributed by atoms with van der Waals surface area (Å²) < 4.78 is 0. The van der Waals surface area contributed by atoms with Gasteiger partial charge in [-0.1, -0.05) is 48.3 Å². The van der Waals surface area contributed by atoms with Gasteiger partial charge in [0.1, 0.15) is 5.15 Å². The van der Waals surface area contributed by atoms with E-state index in [1.54, 1.807) is 18.5 Å². The third-order valence-corrected chi connectivity index (χ3v) is 6.61. The van der Waals surface area contributed by atoms with E-state index in [1.807, 2.05) is 62.4 Å². The molecule has 30 heavy (non-hydrogen) atoms. The van der Waals surface area contributed by atoms with E-state index in [-0.39, 0.29) is 11.2 Å². The average molecular weight is 458 g/mol. The summed E-state index contributed by atoms with van der Waals surface area (Å²) in [6.45, 7) is 3.88. The Hall–Kier alpha value is -2.34. The lowest BCUT2D eigenvalue weighted by atomic mass is 10.2. The average Bonchev–Trinajstić information content (AvgIpc) is 2.75. The molecule has 0 saturated heterocycles. The van der Waals surface area contributed by atoms with Gasteiger partial charge in [-0.05, 0) is 55.3 Å². The standard InChI is InChI=1S/C23H21Cl2N3OS/c1-3-20(23(29)28-18-11-6-9-17(24)15(18)2)30-21-12-5-4-10-19(21)27-14-16-8-7-13-26-22(16)25/h4-14,20H,3H2,1-2H3,(H,28,29)/t20-/m1/s1. The van der Waals surface area contributed by atoms with Crippen molar-refractivity contribution >= 4 is 58.5 Å². The van der Waals surface area contributed by atoms with Crippen molar-refractivity contribution in [1.82, 2.24) is 4.98 Å². The number of benzene rings is 2. The lowest BCUT2D eigenvalue weighted by molar-refractivity contribution is -0.115. The van der Waals surface area contributed by atoms with Crippen LogP contribution in [0.15, 0.2) is 70.7 Å². The van der Waals surface area contributed by atoms with Gasteiger partial charge >= 0.3 is 0 Å². The van der Waals surface area contributed by atoms with Crippen LogP contribution in [0, 0.1) is 6.92 Å². The summed E-state index contributed by atoms with van der Waals surface area (Å²) in [6, 6.07) is 16.9. The third kappa shape index (κ3) is 5.63. The summed E-state index contributed by atoms with van der Waals surface area (Å²) in [7, 11) is 0. The first-order valence-electron chi connectivity index (χ1n) is 9.45. The Morgan fingerprint density at radius 3 is 2.73 bits per heavy atom. The molecule has 0 bridgehead atoms. The zero-order chi connectivity index (χ0) is 21.5. The fourth-order valence-corrected chi connectivity index (χ4v) is 4.11. The highest BCUT2D eigenvalue weighted by Gasteiger charge is 2.20. The molecule has 0 radical (unpaired) electrons. The lowest BCUT2D eigenvalue weighted by Gasteiger charge is -2.17. The van der Waals surface area contributed by atoms with Crippen LogP contribution in [0.2, 0.25) is 10.2 Å². The molecule has 3 rings (SSSR count). The fraction of sp³-hybridized carbons (Fsp3) is 0.174. The van der Waals surface area contributed by atoms with Crippen molar-refractivity contribution in [2.45, 2.75) is 30.4 Å². The summed E-state index contributed by atoms with van der Waals surface area (Å²) >= 11 is 13.8. The van der Waals surface area contributed by atoms with Gasteiger partial charge in [0.25, 0.3) is 0 Å². The van der Waals surface area contributed by atoms with E-state index in [0.717, 1.165) is 27.4 Å². The maximum absolute atomic E-state index is 12.9. The molecule has 0 fully saturated rings. The van der Waals surface area contributed by atoms with E-state index in [9.17, 15) is 4.79 Å². The molecule has 0 aliphatic rings. The number of pyridine rings is 1. The number of aliphatic imine (C=N–C) groups is 1. The molecule has 154 valence electrons. The molecule has 4 nitrogen and oxygen atoms in total. The SMILES string of the molecule is CC[C@@H](Sc1ccccc1N=Cc1cccnc1Cl)C(=O)Nc1cccc(Cl)c1C. The first kappa shape index (κ1) is 22.3. The summed E-state index contributed by atoms with van der Waals surface area (Å²) in [5.41, 5.74) is 3.09. The van der Waals surface area contributed by atoms with E-state index in [2.05, 4.69) is 15.3 Å². The van der Waals surface area contributed by atoms with Gasteiger partial charge in [-0.25, -0.2) is 4.98 Å². The van der Waals surface area contributed by atoms with Crippen molar-refractivity contribution in [3.63, 3.8) is 0 Å². The van der Waals surface area contributed by atoms with E-state index in [0.29, 0.717) is 16.6 Å². The Bertz CT molecular complexity index is 1070. The number of carbonyl (C=O) groups excluding carboxylic acids is 1. The van der Waals surface area contributed by atoms with Crippen molar-refractivity contribution in [1.29, 1.82) is 0 Å². The number of amides is 1.